The number of hydrogen-bond donors (Lipinski definition) is 2. The average Bonchev–Trinajstić information content (AvgIpc) is 2.72. The van der Waals surface area contributed by atoms with Gasteiger partial charge in [0.25, 0.3) is 5.91 Å². The minimum absolute atomic E-state index is 0.274. The highest BCUT2D eigenvalue weighted by atomic mass is 19.1. The van der Waals surface area contributed by atoms with Crippen LogP contribution in [0.2, 0.25) is 0 Å². The number of nitrogens with zero attached hydrogens (tertiary/aromatic N) is 2. The molecule has 0 saturated heterocycles. The number of aromatic nitrogens is 2. The average molecular weight is 386 g/mol. The van der Waals surface area contributed by atoms with E-state index in [9.17, 15) is 9.18 Å². The summed E-state index contributed by atoms with van der Waals surface area (Å²) in [7, 11) is 0. The molecule has 0 aliphatic carbocycles. The molecule has 5 nitrogen and oxygen atoms in total. The topological polar surface area (TPSA) is 66.9 Å². The molecule has 2 N–H and O–H groups in total. The van der Waals surface area contributed by atoms with Crippen LogP contribution in [-0.4, -0.2) is 15.9 Å². The van der Waals surface area contributed by atoms with E-state index in [0.717, 1.165) is 27.8 Å². The third kappa shape index (κ3) is 4.38. The van der Waals surface area contributed by atoms with Crippen LogP contribution >= 0.6 is 0 Å². The number of carbonyl (C=O) groups excluding carboxylic acids is 1. The van der Waals surface area contributed by atoms with Gasteiger partial charge in [-0.25, -0.2) is 14.4 Å². The van der Waals surface area contributed by atoms with Crippen molar-refractivity contribution < 1.29 is 9.18 Å². The van der Waals surface area contributed by atoms with Gasteiger partial charge in [0.05, 0.1) is 5.52 Å². The van der Waals surface area contributed by atoms with Crippen LogP contribution in [-0.2, 0) is 6.54 Å². The van der Waals surface area contributed by atoms with Crippen LogP contribution in [0.5, 0.6) is 0 Å². The number of fused-ring (bicyclic) bond motifs is 1. The molecule has 4 aromatic rings. The van der Waals surface area contributed by atoms with E-state index in [1.807, 2.05) is 43.3 Å². The highest BCUT2D eigenvalue weighted by Crippen LogP contribution is 2.21. The van der Waals surface area contributed by atoms with Crippen molar-refractivity contribution in [3.63, 3.8) is 0 Å². The molecule has 0 saturated carbocycles. The molecule has 0 spiro atoms. The zero-order valence-electron chi connectivity index (χ0n) is 15.8. The first-order valence-electron chi connectivity index (χ1n) is 9.19. The fourth-order valence-corrected chi connectivity index (χ4v) is 3.09. The molecule has 0 aliphatic rings. The van der Waals surface area contributed by atoms with Crippen LogP contribution in [0.1, 0.15) is 21.5 Å². The number of carbonyl (C=O) groups is 1. The molecule has 0 fully saturated rings. The third-order valence-corrected chi connectivity index (χ3v) is 4.52. The number of benzene rings is 3. The summed E-state index contributed by atoms with van der Waals surface area (Å²) in [5.41, 5.74) is 3.90. The van der Waals surface area contributed by atoms with Crippen molar-refractivity contribution in [3.8, 4) is 0 Å². The highest BCUT2D eigenvalue weighted by Gasteiger charge is 2.08. The number of rotatable bonds is 5. The van der Waals surface area contributed by atoms with E-state index in [2.05, 4.69) is 20.6 Å². The van der Waals surface area contributed by atoms with Gasteiger partial charge in [-0.2, -0.15) is 0 Å². The zero-order chi connectivity index (χ0) is 20.2. The maximum Gasteiger partial charge on any atom is 0.255 e. The maximum absolute atomic E-state index is 13.3. The minimum atomic E-state index is -0.442. The standard InChI is InChI=1S/C23H19FN4O/c1-15-8-9-21-20(10-15)22(27-14-26-21)25-13-16-4-2-7-19(11-16)28-23(29)17-5-3-6-18(24)12-17/h2-12,14H,13H2,1H3,(H,28,29)(H,25,26,27). The van der Waals surface area contributed by atoms with Crippen molar-refractivity contribution in [2.45, 2.75) is 13.5 Å². The van der Waals surface area contributed by atoms with Gasteiger partial charge in [-0.15, -0.1) is 0 Å². The maximum atomic E-state index is 13.3. The fourth-order valence-electron chi connectivity index (χ4n) is 3.09. The summed E-state index contributed by atoms with van der Waals surface area (Å²) in [6.07, 6.45) is 1.54. The van der Waals surface area contributed by atoms with E-state index in [1.54, 1.807) is 12.1 Å². The van der Waals surface area contributed by atoms with Gasteiger partial charge in [-0.3, -0.25) is 4.79 Å². The van der Waals surface area contributed by atoms with Gasteiger partial charge >= 0.3 is 0 Å². The summed E-state index contributed by atoms with van der Waals surface area (Å²) in [6, 6.07) is 19.1. The fraction of sp³-hybridized carbons (Fsp3) is 0.0870. The van der Waals surface area contributed by atoms with Gasteiger partial charge < -0.3 is 10.6 Å². The van der Waals surface area contributed by atoms with Gasteiger partial charge in [0, 0.05) is 23.2 Å². The first kappa shape index (κ1) is 18.6. The number of amides is 1. The summed E-state index contributed by atoms with van der Waals surface area (Å²) < 4.78 is 13.3. The number of halogens is 1. The van der Waals surface area contributed by atoms with Gasteiger partial charge in [0.2, 0.25) is 0 Å². The first-order chi connectivity index (χ1) is 14.1. The number of hydrogen-bond acceptors (Lipinski definition) is 4. The molecule has 0 radical (unpaired) electrons. The summed E-state index contributed by atoms with van der Waals surface area (Å²) in [4.78, 5) is 21.0. The third-order valence-electron chi connectivity index (χ3n) is 4.52. The second-order valence-corrected chi connectivity index (χ2v) is 6.76. The van der Waals surface area contributed by atoms with Gasteiger partial charge in [0.1, 0.15) is 18.0 Å². The van der Waals surface area contributed by atoms with E-state index in [0.29, 0.717) is 12.2 Å². The Labute approximate surface area is 167 Å². The van der Waals surface area contributed by atoms with Crippen molar-refractivity contribution in [1.82, 2.24) is 9.97 Å². The predicted octanol–water partition coefficient (Wildman–Crippen LogP) is 4.94. The van der Waals surface area contributed by atoms with E-state index in [4.69, 9.17) is 0 Å². The van der Waals surface area contributed by atoms with Crippen LogP contribution in [0.15, 0.2) is 73.1 Å². The molecule has 4 rings (SSSR count). The summed E-state index contributed by atoms with van der Waals surface area (Å²) in [5, 5.41) is 7.10. The predicted molar refractivity (Wildman–Crippen MR) is 112 cm³/mol. The van der Waals surface area contributed by atoms with Crippen molar-refractivity contribution in [1.29, 1.82) is 0 Å². The summed E-state index contributed by atoms with van der Waals surface area (Å²) in [6.45, 7) is 2.56. The Hall–Kier alpha value is -3.80. The lowest BCUT2D eigenvalue weighted by molar-refractivity contribution is 0.102. The second kappa shape index (κ2) is 8.06. The van der Waals surface area contributed by atoms with E-state index < -0.39 is 5.82 Å². The highest BCUT2D eigenvalue weighted by molar-refractivity contribution is 6.04. The van der Waals surface area contributed by atoms with Crippen molar-refractivity contribution in [3.05, 3.63) is 95.6 Å². The van der Waals surface area contributed by atoms with E-state index in [1.165, 1.54) is 24.5 Å². The van der Waals surface area contributed by atoms with Crippen molar-refractivity contribution >= 4 is 28.3 Å². The van der Waals surface area contributed by atoms with Gasteiger partial charge in [0.15, 0.2) is 0 Å². The first-order valence-corrected chi connectivity index (χ1v) is 9.19. The Kier molecular flexibility index (Phi) is 5.16. The molecule has 3 aromatic carbocycles. The Morgan fingerprint density at radius 3 is 2.72 bits per heavy atom. The minimum Gasteiger partial charge on any atom is -0.365 e. The zero-order valence-corrected chi connectivity index (χ0v) is 15.8. The van der Waals surface area contributed by atoms with Crippen LogP contribution < -0.4 is 10.6 Å². The van der Waals surface area contributed by atoms with Crippen molar-refractivity contribution in [2.75, 3.05) is 10.6 Å². The molecular weight excluding hydrogens is 367 g/mol. The summed E-state index contributed by atoms with van der Waals surface area (Å²) >= 11 is 0. The van der Waals surface area contributed by atoms with Crippen LogP contribution in [0.4, 0.5) is 15.9 Å². The van der Waals surface area contributed by atoms with Gasteiger partial charge in [-0.05, 0) is 55.0 Å². The molecule has 6 heteroatoms. The van der Waals surface area contributed by atoms with Crippen LogP contribution in [0, 0.1) is 12.7 Å². The molecule has 0 aliphatic heterocycles. The molecule has 0 unspecified atom stereocenters. The lowest BCUT2D eigenvalue weighted by atomic mass is 10.1. The summed E-state index contributed by atoms with van der Waals surface area (Å²) in [5.74, 6) is -0.0392. The van der Waals surface area contributed by atoms with Crippen molar-refractivity contribution in [2.24, 2.45) is 0 Å². The number of aryl methyl sites for hydroxylation is 1. The van der Waals surface area contributed by atoms with Crippen LogP contribution in [0.25, 0.3) is 10.9 Å². The second-order valence-electron chi connectivity index (χ2n) is 6.76. The molecular formula is C23H19FN4O. The van der Waals surface area contributed by atoms with Gasteiger partial charge in [-0.1, -0.05) is 29.8 Å². The number of anilines is 2. The molecule has 0 bridgehead atoms. The number of nitrogens with one attached hydrogen (secondary N) is 2. The van der Waals surface area contributed by atoms with E-state index >= 15 is 0 Å². The monoisotopic (exact) mass is 386 g/mol. The Bertz CT molecular complexity index is 1190. The molecule has 144 valence electrons. The Balaban J connectivity index is 1.48. The lowest BCUT2D eigenvalue weighted by Crippen LogP contribution is -2.12. The van der Waals surface area contributed by atoms with Crippen LogP contribution in [0.3, 0.4) is 0 Å². The molecule has 1 amide bonds. The SMILES string of the molecule is Cc1ccc2ncnc(NCc3cccc(NC(=O)c4cccc(F)c4)c3)c2c1. The Morgan fingerprint density at radius 1 is 1.00 bits per heavy atom. The Morgan fingerprint density at radius 2 is 1.86 bits per heavy atom. The molecule has 29 heavy (non-hydrogen) atoms. The quantitative estimate of drug-likeness (QED) is 0.510. The lowest BCUT2D eigenvalue weighted by Gasteiger charge is -2.11. The molecule has 1 aromatic heterocycles. The smallest absolute Gasteiger partial charge is 0.255 e. The molecule has 1 heterocycles. The van der Waals surface area contributed by atoms with E-state index in [-0.39, 0.29) is 11.5 Å². The molecule has 0 atom stereocenters. The largest absolute Gasteiger partial charge is 0.365 e. The normalized spacial score (nSPS) is 10.7.